The Labute approximate surface area is 202 Å². The standard InChI is InChI=1S/C25H34FN3O4S/c1-6-27-25(31)20(4)28(17-21-11-13-22(26)14-12-21)24(30)8-7-15-29(34(5,32)33)23-16-18(2)9-10-19(23)3/h9-14,16,20H,6-8,15,17H2,1-5H3,(H,27,31)/t20-/m1/s1. The zero-order chi connectivity index (χ0) is 25.5. The van der Waals surface area contributed by atoms with E-state index < -0.39 is 16.1 Å². The Kier molecular flexibility index (Phi) is 9.61. The Morgan fingerprint density at radius 3 is 2.32 bits per heavy atom. The molecule has 0 aromatic heterocycles. The highest BCUT2D eigenvalue weighted by Gasteiger charge is 2.26. The number of carbonyl (C=O) groups excluding carboxylic acids is 2. The maximum Gasteiger partial charge on any atom is 0.242 e. The van der Waals surface area contributed by atoms with Gasteiger partial charge in [-0.2, -0.15) is 0 Å². The molecule has 0 heterocycles. The summed E-state index contributed by atoms with van der Waals surface area (Å²) >= 11 is 0. The fraction of sp³-hybridized carbons (Fsp3) is 0.440. The van der Waals surface area contributed by atoms with Crippen molar-refractivity contribution in [1.29, 1.82) is 0 Å². The number of nitrogens with zero attached hydrogens (tertiary/aromatic N) is 2. The largest absolute Gasteiger partial charge is 0.355 e. The van der Waals surface area contributed by atoms with E-state index in [1.807, 2.05) is 32.0 Å². The molecule has 0 aliphatic carbocycles. The predicted molar refractivity (Wildman–Crippen MR) is 132 cm³/mol. The number of carbonyl (C=O) groups is 2. The normalized spacial score (nSPS) is 12.2. The fourth-order valence-corrected chi connectivity index (χ4v) is 4.68. The van der Waals surface area contributed by atoms with Crippen molar-refractivity contribution in [1.82, 2.24) is 10.2 Å². The lowest BCUT2D eigenvalue weighted by atomic mass is 10.1. The summed E-state index contributed by atoms with van der Waals surface area (Å²) in [6.45, 7) is 7.88. The Hall–Kier alpha value is -2.94. The zero-order valence-corrected chi connectivity index (χ0v) is 21.3. The van der Waals surface area contributed by atoms with Gasteiger partial charge < -0.3 is 10.2 Å². The number of nitrogens with one attached hydrogen (secondary N) is 1. The van der Waals surface area contributed by atoms with Crippen LogP contribution in [-0.4, -0.2) is 50.5 Å². The van der Waals surface area contributed by atoms with Crippen LogP contribution in [0.1, 0.15) is 43.4 Å². The fourth-order valence-electron chi connectivity index (χ4n) is 3.66. The maximum atomic E-state index is 13.3. The Morgan fingerprint density at radius 2 is 1.74 bits per heavy atom. The van der Waals surface area contributed by atoms with Crippen molar-refractivity contribution < 1.29 is 22.4 Å². The first-order chi connectivity index (χ1) is 15.9. The molecule has 1 N–H and O–H groups in total. The van der Waals surface area contributed by atoms with E-state index in [4.69, 9.17) is 0 Å². The lowest BCUT2D eigenvalue weighted by molar-refractivity contribution is -0.140. The summed E-state index contributed by atoms with van der Waals surface area (Å²) in [5, 5.41) is 2.72. The number of sulfonamides is 1. The van der Waals surface area contributed by atoms with E-state index in [0.29, 0.717) is 17.8 Å². The first kappa shape index (κ1) is 27.3. The molecule has 2 aromatic rings. The number of halogens is 1. The smallest absolute Gasteiger partial charge is 0.242 e. The molecule has 0 saturated carbocycles. The van der Waals surface area contributed by atoms with Crippen LogP contribution in [0.25, 0.3) is 0 Å². The summed E-state index contributed by atoms with van der Waals surface area (Å²) in [6.07, 6.45) is 1.48. The van der Waals surface area contributed by atoms with Gasteiger partial charge in [0.25, 0.3) is 0 Å². The zero-order valence-electron chi connectivity index (χ0n) is 20.5. The van der Waals surface area contributed by atoms with E-state index in [-0.39, 0.29) is 43.6 Å². The Balaban J connectivity index is 2.18. The van der Waals surface area contributed by atoms with Gasteiger partial charge in [0.1, 0.15) is 11.9 Å². The van der Waals surface area contributed by atoms with Crippen LogP contribution >= 0.6 is 0 Å². The van der Waals surface area contributed by atoms with Gasteiger partial charge in [-0.15, -0.1) is 0 Å². The summed E-state index contributed by atoms with van der Waals surface area (Å²) < 4.78 is 39.6. The van der Waals surface area contributed by atoms with Crippen molar-refractivity contribution in [2.24, 2.45) is 0 Å². The molecule has 0 saturated heterocycles. The third-order valence-electron chi connectivity index (χ3n) is 5.57. The lowest BCUT2D eigenvalue weighted by Gasteiger charge is -2.29. The minimum atomic E-state index is -3.56. The van der Waals surface area contributed by atoms with Crippen LogP contribution in [0.5, 0.6) is 0 Å². The molecule has 34 heavy (non-hydrogen) atoms. The van der Waals surface area contributed by atoms with E-state index in [1.54, 1.807) is 26.0 Å². The summed E-state index contributed by atoms with van der Waals surface area (Å²) in [7, 11) is -3.56. The van der Waals surface area contributed by atoms with E-state index in [1.165, 1.54) is 21.3 Å². The van der Waals surface area contributed by atoms with Gasteiger partial charge in [0.2, 0.25) is 21.8 Å². The first-order valence-corrected chi connectivity index (χ1v) is 13.2. The average molecular weight is 492 g/mol. The molecule has 7 nitrogen and oxygen atoms in total. The van der Waals surface area contributed by atoms with Crippen molar-refractivity contribution in [2.45, 2.75) is 53.1 Å². The van der Waals surface area contributed by atoms with Gasteiger partial charge in [-0.25, -0.2) is 12.8 Å². The van der Waals surface area contributed by atoms with E-state index in [2.05, 4.69) is 5.32 Å². The van der Waals surface area contributed by atoms with Crippen LogP contribution in [-0.2, 0) is 26.2 Å². The number of aryl methyl sites for hydroxylation is 2. The van der Waals surface area contributed by atoms with Crippen molar-refractivity contribution in [3.63, 3.8) is 0 Å². The van der Waals surface area contributed by atoms with Crippen molar-refractivity contribution in [3.8, 4) is 0 Å². The molecule has 186 valence electrons. The van der Waals surface area contributed by atoms with Gasteiger partial charge in [-0.05, 0) is 69.0 Å². The number of benzene rings is 2. The molecule has 0 bridgehead atoms. The Morgan fingerprint density at radius 1 is 1.09 bits per heavy atom. The van der Waals surface area contributed by atoms with Crippen molar-refractivity contribution in [3.05, 3.63) is 65.0 Å². The van der Waals surface area contributed by atoms with Gasteiger partial charge in [0, 0.05) is 26.1 Å². The molecule has 2 rings (SSSR count). The molecule has 0 spiro atoms. The first-order valence-electron chi connectivity index (χ1n) is 11.3. The number of anilines is 1. The van der Waals surface area contributed by atoms with E-state index in [0.717, 1.165) is 17.4 Å². The average Bonchev–Trinajstić information content (AvgIpc) is 2.77. The van der Waals surface area contributed by atoms with Gasteiger partial charge in [-0.3, -0.25) is 13.9 Å². The highest BCUT2D eigenvalue weighted by molar-refractivity contribution is 7.92. The second-order valence-corrected chi connectivity index (χ2v) is 10.4. The van der Waals surface area contributed by atoms with Crippen molar-refractivity contribution >= 4 is 27.5 Å². The molecular weight excluding hydrogens is 457 g/mol. The van der Waals surface area contributed by atoms with Crippen LogP contribution in [0, 0.1) is 19.7 Å². The molecule has 9 heteroatoms. The predicted octanol–water partition coefficient (Wildman–Crippen LogP) is 3.54. The Bertz CT molecular complexity index is 1100. The van der Waals surface area contributed by atoms with Gasteiger partial charge in [-0.1, -0.05) is 24.3 Å². The molecule has 0 aliphatic heterocycles. The lowest BCUT2D eigenvalue weighted by Crippen LogP contribution is -2.47. The molecule has 1 atom stereocenters. The maximum absolute atomic E-state index is 13.3. The number of likely N-dealkylation sites (N-methyl/N-ethyl adjacent to an activating group) is 1. The van der Waals surface area contributed by atoms with Crippen LogP contribution in [0.2, 0.25) is 0 Å². The van der Waals surface area contributed by atoms with Crippen LogP contribution in [0.3, 0.4) is 0 Å². The van der Waals surface area contributed by atoms with Crippen molar-refractivity contribution in [2.75, 3.05) is 23.7 Å². The summed E-state index contributed by atoms with van der Waals surface area (Å²) in [5.41, 5.74) is 3.05. The monoisotopic (exact) mass is 491 g/mol. The van der Waals surface area contributed by atoms with E-state index >= 15 is 0 Å². The third kappa shape index (κ3) is 7.55. The SMILES string of the molecule is CCNC(=O)[C@@H](C)N(Cc1ccc(F)cc1)C(=O)CCCN(c1cc(C)ccc1C)S(C)(=O)=O. The molecule has 2 aromatic carbocycles. The quantitative estimate of drug-likeness (QED) is 0.521. The number of amides is 2. The van der Waals surface area contributed by atoms with Crippen LogP contribution in [0.15, 0.2) is 42.5 Å². The highest BCUT2D eigenvalue weighted by atomic mass is 32.2. The number of hydrogen-bond donors (Lipinski definition) is 1. The minimum absolute atomic E-state index is 0.0574. The number of hydrogen-bond acceptors (Lipinski definition) is 4. The molecular formula is C25H34FN3O4S. The summed E-state index contributed by atoms with van der Waals surface area (Å²) in [6, 6.07) is 10.6. The highest BCUT2D eigenvalue weighted by Crippen LogP contribution is 2.24. The van der Waals surface area contributed by atoms with Crippen LogP contribution < -0.4 is 9.62 Å². The second-order valence-electron chi connectivity index (χ2n) is 8.45. The van der Waals surface area contributed by atoms with Gasteiger partial charge in [0.05, 0.1) is 11.9 Å². The molecule has 0 aliphatic rings. The summed E-state index contributed by atoms with van der Waals surface area (Å²) in [5.74, 6) is -0.950. The van der Waals surface area contributed by atoms with Crippen LogP contribution in [0.4, 0.5) is 10.1 Å². The number of rotatable bonds is 11. The minimum Gasteiger partial charge on any atom is -0.355 e. The molecule has 0 radical (unpaired) electrons. The topological polar surface area (TPSA) is 86.8 Å². The second kappa shape index (κ2) is 12.0. The van der Waals surface area contributed by atoms with Gasteiger partial charge >= 0.3 is 0 Å². The van der Waals surface area contributed by atoms with Gasteiger partial charge in [0.15, 0.2) is 0 Å². The third-order valence-corrected chi connectivity index (χ3v) is 6.75. The summed E-state index contributed by atoms with van der Waals surface area (Å²) in [4.78, 5) is 27.1. The molecule has 2 amide bonds. The molecule has 0 unspecified atom stereocenters. The van der Waals surface area contributed by atoms with E-state index in [9.17, 15) is 22.4 Å². The molecule has 0 fully saturated rings.